The molecule has 15 heavy (non-hydrogen) atoms. The normalized spacial score (nSPS) is 11.8. The molecule has 0 aromatic heterocycles. The molecule has 0 saturated heterocycles. The van der Waals surface area contributed by atoms with Crippen LogP contribution in [0.25, 0.3) is 0 Å². The van der Waals surface area contributed by atoms with E-state index in [2.05, 4.69) is 0 Å². The molecule has 0 radical (unpaired) electrons. The molecule has 0 bridgehead atoms. The Morgan fingerprint density at radius 1 is 1.07 bits per heavy atom. The minimum atomic E-state index is -4.46. The van der Waals surface area contributed by atoms with E-state index in [-0.39, 0.29) is 17.5 Å². The van der Waals surface area contributed by atoms with E-state index in [1.165, 1.54) is 6.07 Å². The van der Waals surface area contributed by atoms with Gasteiger partial charge in [0.05, 0.1) is 18.8 Å². The van der Waals surface area contributed by atoms with E-state index in [4.69, 9.17) is 5.11 Å². The van der Waals surface area contributed by atoms with Crippen molar-refractivity contribution in [1.82, 2.24) is 0 Å². The van der Waals surface area contributed by atoms with Gasteiger partial charge in [-0.2, -0.15) is 13.2 Å². The Hall–Kier alpha value is -1.10. The average Bonchev–Trinajstić information content (AvgIpc) is 2.16. The lowest BCUT2D eigenvalue weighted by Crippen LogP contribution is -2.07. The third kappa shape index (κ3) is 3.20. The van der Waals surface area contributed by atoms with E-state index in [9.17, 15) is 17.6 Å². The molecule has 0 heterocycles. The first-order valence-corrected chi connectivity index (χ1v) is 4.34. The van der Waals surface area contributed by atoms with Crippen LogP contribution in [0.15, 0.2) is 18.2 Å². The minimum absolute atomic E-state index is 0.0725. The van der Waals surface area contributed by atoms with Crippen molar-refractivity contribution < 1.29 is 22.7 Å². The molecule has 0 atom stereocenters. The van der Waals surface area contributed by atoms with Gasteiger partial charge in [0.15, 0.2) is 0 Å². The molecule has 0 fully saturated rings. The smallest absolute Gasteiger partial charge is 0.392 e. The fourth-order valence-electron chi connectivity index (χ4n) is 1.27. The number of aryl methyl sites for hydroxylation is 1. The number of alkyl halides is 4. The predicted octanol–water partition coefficient (Wildman–Crippen LogP) is 2.71. The van der Waals surface area contributed by atoms with Crippen LogP contribution in [-0.2, 0) is 19.2 Å². The number of hydrogen-bond donors (Lipinski definition) is 1. The molecule has 1 N–H and O–H groups in total. The fourth-order valence-corrected chi connectivity index (χ4v) is 1.27. The largest absolute Gasteiger partial charge is 0.416 e. The highest BCUT2D eigenvalue weighted by atomic mass is 19.4. The molecule has 0 amide bonds. The zero-order valence-electron chi connectivity index (χ0n) is 7.81. The van der Waals surface area contributed by atoms with Gasteiger partial charge in [-0.15, -0.1) is 0 Å². The zero-order valence-corrected chi connectivity index (χ0v) is 7.81. The van der Waals surface area contributed by atoms with Crippen LogP contribution in [0.1, 0.15) is 16.7 Å². The van der Waals surface area contributed by atoms with Crippen LogP contribution in [-0.4, -0.2) is 11.8 Å². The monoisotopic (exact) mass is 222 g/mol. The molecule has 84 valence electrons. The number of benzene rings is 1. The van der Waals surface area contributed by atoms with Crippen LogP contribution >= 0.6 is 0 Å². The highest BCUT2D eigenvalue weighted by Gasteiger charge is 2.30. The summed E-state index contributed by atoms with van der Waals surface area (Å²) in [6.45, 7) is -1.20. The lowest BCUT2D eigenvalue weighted by atomic mass is 10.0. The third-order valence-corrected chi connectivity index (χ3v) is 1.95. The Bertz CT molecular complexity index is 333. The van der Waals surface area contributed by atoms with Gasteiger partial charge in [-0.1, -0.05) is 6.07 Å². The molecule has 0 saturated carbocycles. The highest BCUT2D eigenvalue weighted by Crippen LogP contribution is 2.30. The van der Waals surface area contributed by atoms with E-state index in [0.29, 0.717) is 0 Å². The Labute approximate surface area is 84.3 Å². The van der Waals surface area contributed by atoms with Crippen molar-refractivity contribution in [3.05, 3.63) is 34.9 Å². The molecule has 5 heteroatoms. The predicted molar refractivity (Wildman–Crippen MR) is 47.0 cm³/mol. The van der Waals surface area contributed by atoms with Gasteiger partial charge in [0.2, 0.25) is 0 Å². The Kier molecular flexibility index (Phi) is 3.68. The highest BCUT2D eigenvalue weighted by molar-refractivity contribution is 5.31. The Morgan fingerprint density at radius 2 is 1.67 bits per heavy atom. The summed E-state index contributed by atoms with van der Waals surface area (Å²) < 4.78 is 49.0. The van der Waals surface area contributed by atoms with Gasteiger partial charge in [-0.05, 0) is 23.3 Å². The Morgan fingerprint density at radius 3 is 2.13 bits per heavy atom. The van der Waals surface area contributed by atoms with Crippen LogP contribution in [0.2, 0.25) is 0 Å². The van der Waals surface area contributed by atoms with E-state index in [1.807, 2.05) is 0 Å². The molecule has 0 aliphatic rings. The number of rotatable bonds is 3. The van der Waals surface area contributed by atoms with E-state index >= 15 is 0 Å². The van der Waals surface area contributed by atoms with Crippen molar-refractivity contribution in [3.8, 4) is 0 Å². The summed E-state index contributed by atoms with van der Waals surface area (Å²) in [6, 6.07) is 3.13. The van der Waals surface area contributed by atoms with Gasteiger partial charge in [0.25, 0.3) is 0 Å². The molecule has 0 aliphatic carbocycles. The summed E-state index contributed by atoms with van der Waals surface area (Å²) in [4.78, 5) is 0. The first-order chi connectivity index (χ1) is 6.97. The summed E-state index contributed by atoms with van der Waals surface area (Å²) >= 11 is 0. The van der Waals surface area contributed by atoms with Gasteiger partial charge < -0.3 is 5.11 Å². The maximum absolute atomic E-state index is 12.3. The molecule has 1 aromatic rings. The first-order valence-electron chi connectivity index (χ1n) is 4.34. The zero-order chi connectivity index (χ0) is 11.5. The van der Waals surface area contributed by atoms with Crippen LogP contribution in [0.3, 0.4) is 0 Å². The van der Waals surface area contributed by atoms with Crippen LogP contribution < -0.4 is 0 Å². The molecule has 1 aromatic carbocycles. The summed E-state index contributed by atoms with van der Waals surface area (Å²) in [5, 5.41) is 8.76. The van der Waals surface area contributed by atoms with Gasteiger partial charge in [-0.25, -0.2) is 0 Å². The second-order valence-corrected chi connectivity index (χ2v) is 3.13. The SMILES string of the molecule is OCc1cc(CCF)cc(C(F)(F)F)c1. The van der Waals surface area contributed by atoms with Crippen molar-refractivity contribution >= 4 is 0 Å². The second kappa shape index (κ2) is 4.61. The number of hydrogen-bond acceptors (Lipinski definition) is 1. The summed E-state index contributed by atoms with van der Waals surface area (Å²) in [5.41, 5.74) is -0.456. The average molecular weight is 222 g/mol. The summed E-state index contributed by atoms with van der Waals surface area (Å²) in [5.74, 6) is 0. The standard InChI is InChI=1S/C10H10F4O/c11-2-1-7-3-8(6-15)5-9(4-7)10(12,13)14/h3-5,15H,1-2,6H2. The summed E-state index contributed by atoms with van der Waals surface area (Å²) in [7, 11) is 0. The first kappa shape index (κ1) is 12.0. The number of aliphatic hydroxyl groups excluding tert-OH is 1. The molecule has 1 rings (SSSR count). The van der Waals surface area contributed by atoms with Gasteiger partial charge in [-0.3, -0.25) is 4.39 Å². The molecule has 1 nitrogen and oxygen atoms in total. The molecule has 0 spiro atoms. The van der Waals surface area contributed by atoms with E-state index in [1.54, 1.807) is 0 Å². The van der Waals surface area contributed by atoms with Crippen LogP contribution in [0.5, 0.6) is 0 Å². The third-order valence-electron chi connectivity index (χ3n) is 1.95. The van der Waals surface area contributed by atoms with Crippen LogP contribution in [0.4, 0.5) is 17.6 Å². The molecular weight excluding hydrogens is 212 g/mol. The summed E-state index contributed by atoms with van der Waals surface area (Å²) in [6.07, 6.45) is -4.53. The van der Waals surface area contributed by atoms with Crippen molar-refractivity contribution in [1.29, 1.82) is 0 Å². The van der Waals surface area contributed by atoms with Gasteiger partial charge in [0.1, 0.15) is 0 Å². The van der Waals surface area contributed by atoms with E-state index < -0.39 is 25.0 Å². The van der Waals surface area contributed by atoms with Crippen molar-refractivity contribution in [2.45, 2.75) is 19.2 Å². The molecule has 0 unspecified atom stereocenters. The topological polar surface area (TPSA) is 20.2 Å². The maximum atomic E-state index is 12.3. The Balaban J connectivity index is 3.11. The number of halogens is 4. The maximum Gasteiger partial charge on any atom is 0.416 e. The quantitative estimate of drug-likeness (QED) is 0.779. The molecular formula is C10H10F4O. The van der Waals surface area contributed by atoms with E-state index in [0.717, 1.165) is 12.1 Å². The lowest BCUT2D eigenvalue weighted by molar-refractivity contribution is -0.137. The number of aliphatic hydroxyl groups is 1. The second-order valence-electron chi connectivity index (χ2n) is 3.13. The minimum Gasteiger partial charge on any atom is -0.392 e. The van der Waals surface area contributed by atoms with Crippen molar-refractivity contribution in [2.24, 2.45) is 0 Å². The van der Waals surface area contributed by atoms with Crippen LogP contribution in [0, 0.1) is 0 Å². The molecule has 0 aliphatic heterocycles. The van der Waals surface area contributed by atoms with Crippen molar-refractivity contribution in [2.75, 3.05) is 6.67 Å². The van der Waals surface area contributed by atoms with Gasteiger partial charge in [0, 0.05) is 6.42 Å². The fraction of sp³-hybridized carbons (Fsp3) is 0.400. The lowest BCUT2D eigenvalue weighted by Gasteiger charge is -2.10. The van der Waals surface area contributed by atoms with Gasteiger partial charge >= 0.3 is 6.18 Å². The van der Waals surface area contributed by atoms with Crippen molar-refractivity contribution in [3.63, 3.8) is 0 Å².